The molecule has 2 rings (SSSR count). The maximum atomic E-state index is 11.8. The molecule has 3 nitrogen and oxygen atoms in total. The van der Waals surface area contributed by atoms with Gasteiger partial charge in [0.1, 0.15) is 5.75 Å². The number of H-pyrrole nitrogens is 1. The van der Waals surface area contributed by atoms with Crippen LogP contribution < -0.4 is 5.43 Å². The minimum atomic E-state index is 0.0686. The lowest BCUT2D eigenvalue weighted by atomic mass is 10.1. The summed E-state index contributed by atoms with van der Waals surface area (Å²) in [5.74, 6) is 0.243. The van der Waals surface area contributed by atoms with E-state index in [1.807, 2.05) is 31.2 Å². The van der Waals surface area contributed by atoms with Gasteiger partial charge in [-0.25, -0.2) is 0 Å². The molecule has 2 N–H and O–H groups in total. The highest BCUT2D eigenvalue weighted by molar-refractivity contribution is 5.69. The van der Waals surface area contributed by atoms with E-state index in [9.17, 15) is 9.90 Å². The molecule has 0 unspecified atom stereocenters. The molecular formula is C15H15NO2. The first-order chi connectivity index (χ1) is 8.58. The predicted octanol–water partition coefficient (Wildman–Crippen LogP) is 2.87. The van der Waals surface area contributed by atoms with Crippen molar-refractivity contribution in [3.8, 4) is 5.75 Å². The van der Waals surface area contributed by atoms with Crippen LogP contribution >= 0.6 is 0 Å². The van der Waals surface area contributed by atoms with E-state index in [1.54, 1.807) is 25.3 Å². The lowest BCUT2D eigenvalue weighted by Crippen LogP contribution is -2.11. The van der Waals surface area contributed by atoms with Gasteiger partial charge in [-0.2, -0.15) is 0 Å². The number of aryl methyl sites for hydroxylation is 1. The third-order valence-electron chi connectivity index (χ3n) is 2.88. The highest BCUT2D eigenvalue weighted by Gasteiger charge is 2.01. The fourth-order valence-corrected chi connectivity index (χ4v) is 1.72. The van der Waals surface area contributed by atoms with Gasteiger partial charge in [-0.05, 0) is 37.6 Å². The Hall–Kier alpha value is -2.29. The number of benzene rings is 1. The quantitative estimate of drug-likeness (QED) is 0.849. The Kier molecular flexibility index (Phi) is 3.33. The molecule has 0 aliphatic carbocycles. The maximum Gasteiger partial charge on any atom is 0.187 e. The van der Waals surface area contributed by atoms with Crippen LogP contribution in [0.15, 0.2) is 35.3 Å². The molecule has 0 saturated heterocycles. The van der Waals surface area contributed by atoms with Crippen LogP contribution in [0.5, 0.6) is 5.75 Å². The Labute approximate surface area is 105 Å². The van der Waals surface area contributed by atoms with E-state index in [2.05, 4.69) is 4.98 Å². The summed E-state index contributed by atoms with van der Waals surface area (Å²) in [5.41, 5.74) is 3.27. The number of aromatic hydroxyl groups is 1. The Bertz CT molecular complexity index is 637. The second kappa shape index (κ2) is 4.92. The summed E-state index contributed by atoms with van der Waals surface area (Å²) in [5, 5.41) is 9.18. The smallest absolute Gasteiger partial charge is 0.187 e. The van der Waals surface area contributed by atoms with Gasteiger partial charge in [-0.1, -0.05) is 18.2 Å². The minimum Gasteiger partial charge on any atom is -0.508 e. The van der Waals surface area contributed by atoms with Crippen LogP contribution in [0.3, 0.4) is 0 Å². The maximum absolute atomic E-state index is 11.8. The SMILES string of the molecule is Cc1c[nH]c(C=Cc2ccc(O)cc2)c(C)c1=O. The van der Waals surface area contributed by atoms with E-state index < -0.39 is 0 Å². The van der Waals surface area contributed by atoms with Gasteiger partial charge in [-0.15, -0.1) is 0 Å². The van der Waals surface area contributed by atoms with Crippen molar-refractivity contribution in [3.05, 3.63) is 63.1 Å². The lowest BCUT2D eigenvalue weighted by molar-refractivity contribution is 0.475. The summed E-state index contributed by atoms with van der Waals surface area (Å²) < 4.78 is 0. The molecule has 1 aromatic heterocycles. The van der Waals surface area contributed by atoms with Crippen molar-refractivity contribution in [1.82, 2.24) is 4.98 Å². The molecule has 92 valence electrons. The number of nitrogens with one attached hydrogen (secondary N) is 1. The zero-order valence-corrected chi connectivity index (χ0v) is 10.4. The van der Waals surface area contributed by atoms with E-state index in [0.717, 1.165) is 11.3 Å². The van der Waals surface area contributed by atoms with Gasteiger partial charge in [0.25, 0.3) is 0 Å². The van der Waals surface area contributed by atoms with E-state index in [-0.39, 0.29) is 11.2 Å². The van der Waals surface area contributed by atoms with Crippen LogP contribution in [-0.2, 0) is 0 Å². The van der Waals surface area contributed by atoms with Crippen molar-refractivity contribution in [2.24, 2.45) is 0 Å². The monoisotopic (exact) mass is 241 g/mol. The molecule has 3 heteroatoms. The number of aromatic amines is 1. The molecule has 0 spiro atoms. The largest absolute Gasteiger partial charge is 0.508 e. The molecular weight excluding hydrogens is 226 g/mol. The van der Waals surface area contributed by atoms with E-state index in [0.29, 0.717) is 11.1 Å². The Balaban J connectivity index is 2.32. The second-order valence-electron chi connectivity index (χ2n) is 4.26. The summed E-state index contributed by atoms with van der Waals surface area (Å²) in [7, 11) is 0. The Morgan fingerprint density at radius 1 is 1.11 bits per heavy atom. The molecule has 0 amide bonds. The Morgan fingerprint density at radius 3 is 2.44 bits per heavy atom. The number of phenolic OH excluding ortho intramolecular Hbond substituents is 1. The summed E-state index contributed by atoms with van der Waals surface area (Å²) >= 11 is 0. The lowest BCUT2D eigenvalue weighted by Gasteiger charge is -2.01. The van der Waals surface area contributed by atoms with Crippen molar-refractivity contribution in [3.63, 3.8) is 0 Å². The number of hydrogen-bond acceptors (Lipinski definition) is 2. The van der Waals surface area contributed by atoms with Gasteiger partial charge in [0, 0.05) is 23.0 Å². The molecule has 1 heterocycles. The second-order valence-corrected chi connectivity index (χ2v) is 4.26. The number of hydrogen-bond donors (Lipinski definition) is 2. The third-order valence-corrected chi connectivity index (χ3v) is 2.88. The minimum absolute atomic E-state index is 0.0686. The van der Waals surface area contributed by atoms with Crippen molar-refractivity contribution < 1.29 is 5.11 Å². The molecule has 0 aliphatic rings. The molecule has 1 aromatic carbocycles. The molecule has 0 radical (unpaired) electrons. The molecule has 0 atom stereocenters. The summed E-state index contributed by atoms with van der Waals surface area (Å²) in [6.07, 6.45) is 5.47. The summed E-state index contributed by atoms with van der Waals surface area (Å²) in [4.78, 5) is 14.8. The standard InChI is InChI=1S/C15H15NO2/c1-10-9-16-14(11(2)15(10)18)8-5-12-3-6-13(17)7-4-12/h3-9,17H,1-2H3,(H,16,18). The number of rotatable bonds is 2. The van der Waals surface area contributed by atoms with Gasteiger partial charge >= 0.3 is 0 Å². The van der Waals surface area contributed by atoms with Crippen LogP contribution in [0.4, 0.5) is 0 Å². The molecule has 18 heavy (non-hydrogen) atoms. The first-order valence-electron chi connectivity index (χ1n) is 5.74. The predicted molar refractivity (Wildman–Crippen MR) is 73.6 cm³/mol. The zero-order valence-electron chi connectivity index (χ0n) is 10.4. The summed E-state index contributed by atoms with van der Waals surface area (Å²) in [6.45, 7) is 3.60. The molecule has 0 fully saturated rings. The van der Waals surface area contributed by atoms with E-state index in [1.165, 1.54) is 0 Å². The van der Waals surface area contributed by atoms with Crippen molar-refractivity contribution in [2.75, 3.05) is 0 Å². The highest BCUT2D eigenvalue weighted by atomic mass is 16.3. The fraction of sp³-hybridized carbons (Fsp3) is 0.133. The van der Waals surface area contributed by atoms with Crippen LogP contribution in [0.25, 0.3) is 12.2 Å². The number of phenols is 1. The summed E-state index contributed by atoms with van der Waals surface area (Å²) in [6, 6.07) is 6.88. The van der Waals surface area contributed by atoms with Crippen LogP contribution in [0, 0.1) is 13.8 Å². The van der Waals surface area contributed by atoms with Crippen LogP contribution in [0.2, 0.25) is 0 Å². The van der Waals surface area contributed by atoms with E-state index >= 15 is 0 Å². The molecule has 0 bridgehead atoms. The van der Waals surface area contributed by atoms with Gasteiger partial charge in [-0.3, -0.25) is 4.79 Å². The van der Waals surface area contributed by atoms with E-state index in [4.69, 9.17) is 0 Å². The Morgan fingerprint density at radius 2 is 1.78 bits per heavy atom. The first kappa shape index (κ1) is 12.2. The average Bonchev–Trinajstić information content (AvgIpc) is 2.37. The first-order valence-corrected chi connectivity index (χ1v) is 5.74. The molecule has 2 aromatic rings. The van der Waals surface area contributed by atoms with Crippen molar-refractivity contribution in [1.29, 1.82) is 0 Å². The highest BCUT2D eigenvalue weighted by Crippen LogP contribution is 2.12. The van der Waals surface area contributed by atoms with Crippen LogP contribution in [-0.4, -0.2) is 10.1 Å². The molecule has 0 saturated carbocycles. The average molecular weight is 241 g/mol. The topological polar surface area (TPSA) is 53.1 Å². The van der Waals surface area contributed by atoms with Gasteiger partial charge in [0.2, 0.25) is 0 Å². The van der Waals surface area contributed by atoms with Gasteiger partial charge < -0.3 is 10.1 Å². The van der Waals surface area contributed by atoms with Crippen LogP contribution in [0.1, 0.15) is 22.4 Å². The fourth-order valence-electron chi connectivity index (χ4n) is 1.72. The third kappa shape index (κ3) is 2.51. The molecule has 0 aliphatic heterocycles. The van der Waals surface area contributed by atoms with Crippen molar-refractivity contribution in [2.45, 2.75) is 13.8 Å². The van der Waals surface area contributed by atoms with Crippen molar-refractivity contribution >= 4 is 12.2 Å². The zero-order chi connectivity index (χ0) is 13.1. The van der Waals surface area contributed by atoms with Gasteiger partial charge in [0.15, 0.2) is 5.43 Å². The number of pyridine rings is 1. The van der Waals surface area contributed by atoms with Gasteiger partial charge in [0.05, 0.1) is 0 Å². The number of aromatic nitrogens is 1. The normalized spacial score (nSPS) is 11.0.